The van der Waals surface area contributed by atoms with Gasteiger partial charge in [-0.05, 0) is 50.8 Å². The van der Waals surface area contributed by atoms with Crippen molar-refractivity contribution >= 4 is 29.9 Å². The van der Waals surface area contributed by atoms with Crippen molar-refractivity contribution in [2.24, 2.45) is 4.99 Å². The molecule has 1 saturated heterocycles. The first-order valence-corrected chi connectivity index (χ1v) is 9.57. The van der Waals surface area contributed by atoms with Crippen molar-refractivity contribution in [1.82, 2.24) is 10.2 Å². The lowest BCUT2D eigenvalue weighted by molar-refractivity contribution is -0.0605. The van der Waals surface area contributed by atoms with Crippen LogP contribution >= 0.6 is 24.0 Å². The van der Waals surface area contributed by atoms with E-state index < -0.39 is 0 Å². The Morgan fingerprint density at radius 3 is 2.67 bits per heavy atom. The highest BCUT2D eigenvalue weighted by atomic mass is 127. The molecule has 5 nitrogen and oxygen atoms in total. The van der Waals surface area contributed by atoms with Crippen LogP contribution in [0.2, 0.25) is 0 Å². The van der Waals surface area contributed by atoms with Crippen LogP contribution in [0.15, 0.2) is 29.3 Å². The fourth-order valence-electron chi connectivity index (χ4n) is 3.13. The van der Waals surface area contributed by atoms with E-state index in [1.54, 1.807) is 19.2 Å². The van der Waals surface area contributed by atoms with Gasteiger partial charge in [-0.15, -0.1) is 24.0 Å². The second kappa shape index (κ2) is 13.3. The maximum Gasteiger partial charge on any atom is 0.194 e. The predicted molar refractivity (Wildman–Crippen MR) is 118 cm³/mol. The summed E-state index contributed by atoms with van der Waals surface area (Å²) in [5.74, 6) is 0.708. The van der Waals surface area contributed by atoms with E-state index in [9.17, 15) is 4.39 Å². The molecule has 0 aliphatic carbocycles. The van der Waals surface area contributed by atoms with Crippen LogP contribution in [-0.4, -0.2) is 56.9 Å². The minimum Gasteiger partial charge on any atom is -0.385 e. The molecule has 0 spiro atoms. The zero-order chi connectivity index (χ0) is 18.8. The lowest BCUT2D eigenvalue weighted by atomic mass is 10.1. The second-order valence-corrected chi connectivity index (χ2v) is 6.68. The predicted octanol–water partition coefficient (Wildman–Crippen LogP) is 3.99. The molecule has 1 aromatic carbocycles. The molecule has 1 N–H and O–H groups in total. The van der Waals surface area contributed by atoms with Crippen molar-refractivity contribution in [3.05, 3.63) is 35.6 Å². The van der Waals surface area contributed by atoms with Crippen LogP contribution in [0.25, 0.3) is 0 Å². The van der Waals surface area contributed by atoms with Gasteiger partial charge in [-0.3, -0.25) is 4.99 Å². The number of benzene rings is 1. The number of aliphatic imine (C=N–C) groups is 1. The summed E-state index contributed by atoms with van der Waals surface area (Å²) in [5.41, 5.74) is 0.998. The van der Waals surface area contributed by atoms with Crippen LogP contribution in [0.5, 0.6) is 0 Å². The molecule has 0 amide bonds. The molecular formula is C20H33FIN3O2. The van der Waals surface area contributed by atoms with Crippen molar-refractivity contribution in [2.45, 2.75) is 45.3 Å². The minimum absolute atomic E-state index is 0. The van der Waals surface area contributed by atoms with Crippen LogP contribution < -0.4 is 5.32 Å². The molecule has 2 rings (SSSR count). The molecule has 27 heavy (non-hydrogen) atoms. The number of unbranched alkanes of at least 4 members (excludes halogenated alkanes) is 2. The summed E-state index contributed by atoms with van der Waals surface area (Å²) < 4.78 is 24.4. The molecule has 0 saturated carbocycles. The van der Waals surface area contributed by atoms with Crippen LogP contribution in [0.4, 0.5) is 4.39 Å². The summed E-state index contributed by atoms with van der Waals surface area (Å²) in [5, 5.41) is 3.39. The highest BCUT2D eigenvalue weighted by Crippen LogP contribution is 2.25. The molecule has 2 atom stereocenters. The van der Waals surface area contributed by atoms with Gasteiger partial charge in [-0.2, -0.15) is 0 Å². The Morgan fingerprint density at radius 2 is 2.00 bits per heavy atom. The third-order valence-electron chi connectivity index (χ3n) is 4.40. The number of hydrogen-bond donors (Lipinski definition) is 1. The quantitative estimate of drug-likeness (QED) is 0.258. The number of nitrogens with one attached hydrogen (secondary N) is 1. The van der Waals surface area contributed by atoms with Gasteiger partial charge in [-0.1, -0.05) is 12.1 Å². The molecule has 1 aliphatic heterocycles. The van der Waals surface area contributed by atoms with Gasteiger partial charge >= 0.3 is 0 Å². The average Bonchev–Trinajstić information content (AvgIpc) is 2.63. The molecule has 7 heteroatoms. The average molecular weight is 493 g/mol. The van der Waals surface area contributed by atoms with Gasteiger partial charge in [-0.25, -0.2) is 4.39 Å². The van der Waals surface area contributed by atoms with Crippen LogP contribution in [0.1, 0.15) is 44.8 Å². The van der Waals surface area contributed by atoms with Crippen LogP contribution in [-0.2, 0) is 9.47 Å². The molecule has 0 radical (unpaired) electrons. The third-order valence-corrected chi connectivity index (χ3v) is 4.40. The van der Waals surface area contributed by atoms with Gasteiger partial charge in [0.25, 0.3) is 0 Å². The molecule has 1 heterocycles. The number of halogens is 2. The molecule has 1 aliphatic rings. The standard InChI is InChI=1S/C20H32FN3O2.HI/c1-4-22-20(23-12-6-5-7-13-25-3)24-14-16(2)26-19(15-24)17-8-10-18(21)11-9-17;/h8-11,16,19H,4-7,12-15H2,1-3H3,(H,22,23);1H. The van der Waals surface area contributed by atoms with Crippen molar-refractivity contribution < 1.29 is 13.9 Å². The maximum atomic E-state index is 13.2. The second-order valence-electron chi connectivity index (χ2n) is 6.68. The minimum atomic E-state index is -0.224. The van der Waals surface area contributed by atoms with E-state index in [0.717, 1.165) is 57.0 Å². The van der Waals surface area contributed by atoms with Crippen molar-refractivity contribution in [1.29, 1.82) is 0 Å². The molecular weight excluding hydrogens is 460 g/mol. The summed E-state index contributed by atoms with van der Waals surface area (Å²) in [6.45, 7) is 8.10. The normalized spacial score (nSPS) is 20.3. The van der Waals surface area contributed by atoms with Gasteiger partial charge in [0, 0.05) is 33.4 Å². The first-order chi connectivity index (χ1) is 12.6. The Hall–Kier alpha value is -0.930. The van der Waals surface area contributed by atoms with Crippen LogP contribution in [0, 0.1) is 5.82 Å². The van der Waals surface area contributed by atoms with E-state index in [4.69, 9.17) is 14.5 Å². The Labute approximate surface area is 179 Å². The lowest BCUT2D eigenvalue weighted by Gasteiger charge is -2.38. The zero-order valence-corrected chi connectivity index (χ0v) is 18.9. The molecule has 0 aromatic heterocycles. The smallest absolute Gasteiger partial charge is 0.194 e. The fraction of sp³-hybridized carbons (Fsp3) is 0.650. The largest absolute Gasteiger partial charge is 0.385 e. The number of guanidine groups is 1. The lowest BCUT2D eigenvalue weighted by Crippen LogP contribution is -2.50. The van der Waals surface area contributed by atoms with Crippen molar-refractivity contribution in [3.63, 3.8) is 0 Å². The number of hydrogen-bond acceptors (Lipinski definition) is 3. The van der Waals surface area contributed by atoms with E-state index in [0.29, 0.717) is 6.54 Å². The maximum absolute atomic E-state index is 13.2. The van der Waals surface area contributed by atoms with E-state index >= 15 is 0 Å². The van der Waals surface area contributed by atoms with Gasteiger partial charge in [0.1, 0.15) is 11.9 Å². The summed E-state index contributed by atoms with van der Waals surface area (Å²) >= 11 is 0. The highest BCUT2D eigenvalue weighted by Gasteiger charge is 2.28. The van der Waals surface area contributed by atoms with E-state index in [1.165, 1.54) is 12.1 Å². The summed E-state index contributed by atoms with van der Waals surface area (Å²) in [4.78, 5) is 7.04. The molecule has 1 aromatic rings. The van der Waals surface area contributed by atoms with Gasteiger partial charge in [0.2, 0.25) is 0 Å². The van der Waals surface area contributed by atoms with Gasteiger partial charge in [0.15, 0.2) is 5.96 Å². The highest BCUT2D eigenvalue weighted by molar-refractivity contribution is 14.0. The fourth-order valence-corrected chi connectivity index (χ4v) is 3.13. The summed E-state index contributed by atoms with van der Waals surface area (Å²) in [7, 11) is 1.73. The molecule has 2 unspecified atom stereocenters. The monoisotopic (exact) mass is 493 g/mol. The Bertz CT molecular complexity index is 557. The van der Waals surface area contributed by atoms with E-state index in [2.05, 4.69) is 24.1 Å². The Balaban J connectivity index is 0.00000364. The van der Waals surface area contributed by atoms with Gasteiger partial charge in [0.05, 0.1) is 12.6 Å². The summed E-state index contributed by atoms with van der Waals surface area (Å²) in [6.07, 6.45) is 3.26. The zero-order valence-electron chi connectivity index (χ0n) is 16.6. The summed E-state index contributed by atoms with van der Waals surface area (Å²) in [6, 6.07) is 6.58. The first-order valence-electron chi connectivity index (χ1n) is 9.57. The Kier molecular flexibility index (Phi) is 11.9. The first kappa shape index (κ1) is 24.1. The number of ether oxygens (including phenoxy) is 2. The number of morpholine rings is 1. The van der Waals surface area contributed by atoms with Crippen LogP contribution in [0.3, 0.4) is 0 Å². The SMILES string of the molecule is CCNC(=NCCCCCOC)N1CC(C)OC(c2ccc(F)cc2)C1.I. The number of nitrogens with zero attached hydrogens (tertiary/aromatic N) is 2. The molecule has 154 valence electrons. The van der Waals surface area contributed by atoms with Crippen molar-refractivity contribution in [3.8, 4) is 0 Å². The third kappa shape index (κ3) is 8.31. The molecule has 1 fully saturated rings. The van der Waals surface area contributed by atoms with Crippen molar-refractivity contribution in [2.75, 3.05) is 39.9 Å². The van der Waals surface area contributed by atoms with E-state index in [-0.39, 0.29) is 42.0 Å². The van der Waals surface area contributed by atoms with Gasteiger partial charge < -0.3 is 19.7 Å². The topological polar surface area (TPSA) is 46.1 Å². The number of methoxy groups -OCH3 is 1. The molecule has 0 bridgehead atoms. The van der Waals surface area contributed by atoms with E-state index in [1.807, 2.05) is 0 Å². The number of rotatable bonds is 8. The Morgan fingerprint density at radius 1 is 1.26 bits per heavy atom.